The molecule has 0 saturated carbocycles. The lowest BCUT2D eigenvalue weighted by molar-refractivity contribution is 0.662. The first-order valence-electron chi connectivity index (χ1n) is 24.4. The molecule has 0 N–H and O–H groups in total. The Kier molecular flexibility index (Phi) is 7.38. The van der Waals surface area contributed by atoms with E-state index < -0.39 is 0 Å². The highest BCUT2D eigenvalue weighted by atomic mass is 16.3. The summed E-state index contributed by atoms with van der Waals surface area (Å²) in [6.45, 7) is 0. The van der Waals surface area contributed by atoms with E-state index >= 15 is 0 Å². The first kappa shape index (κ1) is 38.1. The minimum absolute atomic E-state index is 0.831. The molecule has 0 unspecified atom stereocenters. The topological polar surface area (TPSA) is 62.4 Å². The summed E-state index contributed by atoms with van der Waals surface area (Å²) in [5.74, 6) is 0. The molecule has 17 rings (SSSR count). The second-order valence-corrected chi connectivity index (χ2v) is 19.1. The molecule has 11 aromatic carbocycles. The molecule has 6 nitrogen and oxygen atoms in total. The van der Waals surface area contributed by atoms with Crippen LogP contribution in [0.15, 0.2) is 236 Å². The Morgan fingerprint density at radius 1 is 0.208 bits per heavy atom. The quantitative estimate of drug-likeness (QED) is 0.176. The summed E-state index contributed by atoms with van der Waals surface area (Å²) >= 11 is 0. The fourth-order valence-electron chi connectivity index (χ4n) is 12.2. The van der Waals surface area contributed by atoms with Crippen LogP contribution >= 0.6 is 0 Å². The minimum Gasteiger partial charge on any atom is -0.456 e. The number of hydrogen-bond acceptors (Lipinski definition) is 4. The first-order chi connectivity index (χ1) is 35.7. The fourth-order valence-corrected chi connectivity index (χ4v) is 12.2. The zero-order chi connectivity index (χ0) is 46.8. The smallest absolute Gasteiger partial charge is 0.137 e. The summed E-state index contributed by atoms with van der Waals surface area (Å²) in [7, 11) is 0. The standard InChI is InChI=1S/C66H36N2O4/c1-5-16-51-43(12-1)44-13-2-6-17-52(44)67(51)41-23-27-57-50(35-41)66-61(71-57)31-30-60-65(66)49-34-40(21-26-56(49)70-60)38-11-9-10-37(32-38)39-20-25-55-48(33-39)64-59(69-55)29-28-58-63(64)47-24-22-42(36-62(47)72-58)68-53-18-7-3-14-45(53)46-15-4-8-19-54(46)68/h1-36H. The van der Waals surface area contributed by atoms with E-state index in [9.17, 15) is 0 Å². The SMILES string of the molecule is c1cc(-c2ccc3oc4ccc5oc6cc(-n7c8ccccc8c8ccccc87)ccc6c5c4c3c2)cc(-c2ccc3oc4ccc5oc6ccc(-n7c8ccccc8c8ccccc87)cc6c5c4c3c2)c1. The zero-order valence-corrected chi connectivity index (χ0v) is 38.3. The van der Waals surface area contributed by atoms with Crippen molar-refractivity contribution in [2.45, 2.75) is 0 Å². The monoisotopic (exact) mass is 920 g/mol. The maximum atomic E-state index is 6.69. The molecule has 0 fully saturated rings. The van der Waals surface area contributed by atoms with E-state index in [1.807, 2.05) is 24.3 Å². The van der Waals surface area contributed by atoms with Crippen molar-refractivity contribution in [3.8, 4) is 33.6 Å². The summed E-state index contributed by atoms with van der Waals surface area (Å²) in [6.07, 6.45) is 0. The molecule has 0 amide bonds. The van der Waals surface area contributed by atoms with Gasteiger partial charge < -0.3 is 26.8 Å². The van der Waals surface area contributed by atoms with Gasteiger partial charge in [-0.25, -0.2) is 0 Å². The predicted octanol–water partition coefficient (Wildman–Crippen LogP) is 18.8. The number of nitrogens with zero attached hydrogens (tertiary/aromatic N) is 2. The average molecular weight is 921 g/mol. The third kappa shape index (κ3) is 5.16. The molecule has 6 aromatic heterocycles. The van der Waals surface area contributed by atoms with E-state index in [1.54, 1.807) is 0 Å². The Hall–Kier alpha value is -9.78. The van der Waals surface area contributed by atoms with Crippen LogP contribution in [0.3, 0.4) is 0 Å². The van der Waals surface area contributed by atoms with Gasteiger partial charge in [0.05, 0.1) is 22.1 Å². The van der Waals surface area contributed by atoms with Gasteiger partial charge in [0.25, 0.3) is 0 Å². The van der Waals surface area contributed by atoms with Crippen LogP contribution in [0.2, 0.25) is 0 Å². The van der Waals surface area contributed by atoms with Crippen molar-refractivity contribution in [3.05, 3.63) is 218 Å². The van der Waals surface area contributed by atoms with Crippen molar-refractivity contribution < 1.29 is 17.7 Å². The van der Waals surface area contributed by atoms with Crippen molar-refractivity contribution >= 4 is 131 Å². The molecule has 6 heteroatoms. The Morgan fingerprint density at radius 3 is 1.03 bits per heavy atom. The maximum absolute atomic E-state index is 6.69. The molecular weight excluding hydrogens is 885 g/mol. The zero-order valence-electron chi connectivity index (χ0n) is 38.3. The van der Waals surface area contributed by atoms with Crippen LogP contribution in [-0.2, 0) is 0 Å². The second kappa shape index (κ2) is 13.9. The molecule has 0 atom stereocenters. The lowest BCUT2D eigenvalue weighted by Gasteiger charge is -2.08. The van der Waals surface area contributed by atoms with E-state index in [-0.39, 0.29) is 0 Å². The van der Waals surface area contributed by atoms with Crippen molar-refractivity contribution in [1.29, 1.82) is 0 Å². The summed E-state index contributed by atoms with van der Waals surface area (Å²) in [4.78, 5) is 0. The third-order valence-corrected chi connectivity index (χ3v) is 15.3. The summed E-state index contributed by atoms with van der Waals surface area (Å²) in [5, 5.41) is 13.4. The number of para-hydroxylation sites is 4. The van der Waals surface area contributed by atoms with Gasteiger partial charge in [-0.1, -0.05) is 103 Å². The first-order valence-corrected chi connectivity index (χ1v) is 24.4. The Balaban J connectivity index is 0.786. The van der Waals surface area contributed by atoms with Gasteiger partial charge in [0.15, 0.2) is 0 Å². The molecule has 6 heterocycles. The Morgan fingerprint density at radius 2 is 0.556 bits per heavy atom. The molecule has 17 aromatic rings. The van der Waals surface area contributed by atoms with Gasteiger partial charge in [-0.2, -0.15) is 0 Å². The summed E-state index contributed by atoms with van der Waals surface area (Å²) in [5.41, 5.74) is 17.9. The van der Waals surface area contributed by atoms with Gasteiger partial charge >= 0.3 is 0 Å². The van der Waals surface area contributed by atoms with Gasteiger partial charge in [-0.15, -0.1) is 0 Å². The summed E-state index contributed by atoms with van der Waals surface area (Å²) in [6, 6.07) is 77.6. The molecule has 334 valence electrons. The largest absolute Gasteiger partial charge is 0.456 e. The highest BCUT2D eigenvalue weighted by Crippen LogP contribution is 2.45. The Bertz CT molecular complexity index is 5080. The number of rotatable bonds is 4. The Labute approximate surface area is 408 Å². The van der Waals surface area contributed by atoms with Crippen LogP contribution in [0, 0.1) is 0 Å². The fraction of sp³-hybridized carbons (Fsp3) is 0. The highest BCUT2D eigenvalue weighted by molar-refractivity contribution is 6.28. The van der Waals surface area contributed by atoms with Gasteiger partial charge in [0.1, 0.15) is 44.7 Å². The number of furan rings is 4. The molecule has 0 bridgehead atoms. The van der Waals surface area contributed by atoms with E-state index in [2.05, 4.69) is 203 Å². The molecule has 72 heavy (non-hydrogen) atoms. The van der Waals surface area contributed by atoms with Crippen molar-refractivity contribution in [3.63, 3.8) is 0 Å². The summed E-state index contributed by atoms with van der Waals surface area (Å²) < 4.78 is 31.1. The number of fused-ring (bicyclic) bond motifs is 20. The van der Waals surface area contributed by atoms with Crippen molar-refractivity contribution in [2.75, 3.05) is 0 Å². The van der Waals surface area contributed by atoms with Crippen LogP contribution in [0.25, 0.3) is 165 Å². The molecule has 0 aliphatic rings. The molecule has 0 saturated heterocycles. The van der Waals surface area contributed by atoms with Crippen LogP contribution in [0.1, 0.15) is 0 Å². The van der Waals surface area contributed by atoms with Crippen LogP contribution in [0.4, 0.5) is 0 Å². The number of aromatic nitrogens is 2. The highest BCUT2D eigenvalue weighted by Gasteiger charge is 2.22. The van der Waals surface area contributed by atoms with Gasteiger partial charge in [-0.3, -0.25) is 0 Å². The lowest BCUT2D eigenvalue weighted by Crippen LogP contribution is -1.93. The van der Waals surface area contributed by atoms with Gasteiger partial charge in [0.2, 0.25) is 0 Å². The molecule has 0 aliphatic carbocycles. The van der Waals surface area contributed by atoms with E-state index in [4.69, 9.17) is 17.7 Å². The molecule has 0 radical (unpaired) electrons. The van der Waals surface area contributed by atoms with Crippen LogP contribution < -0.4 is 0 Å². The van der Waals surface area contributed by atoms with Gasteiger partial charge in [-0.05, 0) is 131 Å². The lowest BCUT2D eigenvalue weighted by atomic mass is 9.96. The third-order valence-electron chi connectivity index (χ3n) is 15.3. The number of hydrogen-bond donors (Lipinski definition) is 0. The van der Waals surface area contributed by atoms with E-state index in [1.165, 1.54) is 43.6 Å². The van der Waals surface area contributed by atoms with Crippen molar-refractivity contribution in [1.82, 2.24) is 9.13 Å². The van der Waals surface area contributed by atoms with Crippen LogP contribution in [0.5, 0.6) is 0 Å². The van der Waals surface area contributed by atoms with Gasteiger partial charge in [0, 0.05) is 82.1 Å². The minimum atomic E-state index is 0.831. The second-order valence-electron chi connectivity index (χ2n) is 19.1. The predicted molar refractivity (Wildman–Crippen MR) is 295 cm³/mol. The van der Waals surface area contributed by atoms with E-state index in [0.29, 0.717) is 0 Å². The maximum Gasteiger partial charge on any atom is 0.137 e. The van der Waals surface area contributed by atoms with E-state index in [0.717, 1.165) is 121 Å². The molecular formula is C66H36N2O4. The molecule has 0 spiro atoms. The average Bonchev–Trinajstić information content (AvgIpc) is 4.29. The van der Waals surface area contributed by atoms with Crippen molar-refractivity contribution in [2.24, 2.45) is 0 Å². The van der Waals surface area contributed by atoms with Crippen LogP contribution in [-0.4, -0.2) is 9.13 Å². The normalized spacial score (nSPS) is 12.4. The number of benzene rings is 11. The molecule has 0 aliphatic heterocycles.